The third kappa shape index (κ3) is 2.85. The molecule has 2 aromatic heterocycles. The number of hydrogen-bond donors (Lipinski definition) is 3. The number of H-pyrrole nitrogens is 2. The first-order valence-electron chi connectivity index (χ1n) is 10.1. The molecule has 160 valence electrons. The molecule has 9 heteroatoms. The van der Waals surface area contributed by atoms with Crippen LogP contribution in [0.2, 0.25) is 0 Å². The van der Waals surface area contributed by atoms with Crippen LogP contribution in [0.15, 0.2) is 21.5 Å². The fraction of sp³-hybridized carbons (Fsp3) is 0.524. The molecule has 3 unspecified atom stereocenters. The molecule has 2 aromatic rings. The quantitative estimate of drug-likeness (QED) is 0.682. The summed E-state index contributed by atoms with van der Waals surface area (Å²) in [5.74, 6) is -6.08. The lowest BCUT2D eigenvalue weighted by Crippen LogP contribution is -2.33. The minimum atomic E-state index is -3.00. The number of thiophene rings is 1. The van der Waals surface area contributed by atoms with E-state index in [0.717, 1.165) is 17.7 Å². The number of halogens is 3. The van der Waals surface area contributed by atoms with Gasteiger partial charge in [-0.2, -0.15) is 0 Å². The second-order valence-electron chi connectivity index (χ2n) is 8.52. The van der Waals surface area contributed by atoms with Gasteiger partial charge in [0.05, 0.1) is 24.0 Å². The van der Waals surface area contributed by atoms with Crippen molar-refractivity contribution in [2.45, 2.75) is 56.3 Å². The second kappa shape index (κ2) is 6.68. The minimum absolute atomic E-state index is 0.0742. The Kier molecular flexibility index (Phi) is 4.41. The molecular formula is C21H21F3N2O3S. The molecule has 3 aliphatic carbocycles. The van der Waals surface area contributed by atoms with Gasteiger partial charge in [-0.1, -0.05) is 6.92 Å². The Hall–Kier alpha value is -2.13. The number of aliphatic hydroxyl groups is 1. The Balaban J connectivity index is 1.68. The zero-order chi connectivity index (χ0) is 21.4. The van der Waals surface area contributed by atoms with Crippen LogP contribution in [0.5, 0.6) is 0 Å². The van der Waals surface area contributed by atoms with E-state index in [4.69, 9.17) is 0 Å². The van der Waals surface area contributed by atoms with Crippen molar-refractivity contribution in [3.8, 4) is 0 Å². The lowest BCUT2D eigenvalue weighted by Gasteiger charge is -2.30. The van der Waals surface area contributed by atoms with Crippen LogP contribution in [-0.2, 0) is 6.42 Å². The van der Waals surface area contributed by atoms with Gasteiger partial charge < -0.3 is 10.1 Å². The predicted molar refractivity (Wildman–Crippen MR) is 107 cm³/mol. The number of allylic oxidation sites excluding steroid dienone is 2. The predicted octanol–water partition coefficient (Wildman–Crippen LogP) is 3.77. The SMILES string of the molecule is CC1c2[nH]c(=O)[nH]c(=O)c2C(C2CC2)=C(F)C1c1cc2c(s1)CCC(F)(F)C2CO. The van der Waals surface area contributed by atoms with Gasteiger partial charge >= 0.3 is 5.69 Å². The summed E-state index contributed by atoms with van der Waals surface area (Å²) in [5, 5.41) is 9.57. The third-order valence-electron chi connectivity index (χ3n) is 6.63. The van der Waals surface area contributed by atoms with Crippen LogP contribution in [0.4, 0.5) is 13.2 Å². The van der Waals surface area contributed by atoms with Crippen molar-refractivity contribution in [3.05, 3.63) is 59.3 Å². The first kappa shape index (κ1) is 19.8. The van der Waals surface area contributed by atoms with Crippen LogP contribution in [-0.4, -0.2) is 27.6 Å². The Bertz CT molecular complexity index is 1170. The lowest BCUT2D eigenvalue weighted by molar-refractivity contribution is -0.0555. The zero-order valence-electron chi connectivity index (χ0n) is 16.2. The van der Waals surface area contributed by atoms with E-state index in [9.17, 15) is 23.5 Å². The van der Waals surface area contributed by atoms with Gasteiger partial charge in [0, 0.05) is 33.4 Å². The summed E-state index contributed by atoms with van der Waals surface area (Å²) in [6.45, 7) is 1.06. The Morgan fingerprint density at radius 2 is 2.00 bits per heavy atom. The largest absolute Gasteiger partial charge is 0.396 e. The van der Waals surface area contributed by atoms with E-state index < -0.39 is 47.4 Å². The standard InChI is InChI=1S/C21H21F3N2O3S/c1-8-14(13-6-10-11(7-27)21(23,24)5-4-12(10)30-13)17(22)15(9-2-3-9)16-18(8)25-20(29)26-19(16)28/h6,8-9,11,14,27H,2-5,7H2,1H3,(H2,25,26,28,29). The molecule has 0 radical (unpaired) electrons. The summed E-state index contributed by atoms with van der Waals surface area (Å²) in [7, 11) is 0. The molecule has 0 bridgehead atoms. The van der Waals surface area contributed by atoms with Gasteiger partial charge in [-0.05, 0) is 36.8 Å². The first-order chi connectivity index (χ1) is 14.2. The zero-order valence-corrected chi connectivity index (χ0v) is 17.0. The molecule has 3 atom stereocenters. The molecule has 5 nitrogen and oxygen atoms in total. The van der Waals surface area contributed by atoms with E-state index in [1.54, 1.807) is 13.0 Å². The number of fused-ring (bicyclic) bond motifs is 2. The Labute approximate surface area is 173 Å². The molecular weight excluding hydrogens is 417 g/mol. The van der Waals surface area contributed by atoms with Gasteiger partial charge in [-0.25, -0.2) is 18.0 Å². The molecule has 0 saturated heterocycles. The van der Waals surface area contributed by atoms with Gasteiger partial charge in [-0.3, -0.25) is 9.78 Å². The van der Waals surface area contributed by atoms with Crippen molar-refractivity contribution in [2.75, 3.05) is 6.61 Å². The maximum absolute atomic E-state index is 15.8. The van der Waals surface area contributed by atoms with Crippen LogP contribution in [0.25, 0.3) is 5.57 Å². The minimum Gasteiger partial charge on any atom is -0.396 e. The average Bonchev–Trinajstić information content (AvgIpc) is 3.41. The number of aryl methyl sites for hydroxylation is 1. The topological polar surface area (TPSA) is 86.0 Å². The number of hydrogen-bond acceptors (Lipinski definition) is 4. The van der Waals surface area contributed by atoms with Crippen molar-refractivity contribution in [1.29, 1.82) is 0 Å². The molecule has 5 rings (SSSR count). The summed E-state index contributed by atoms with van der Waals surface area (Å²) in [5.41, 5.74) is 0.0775. The summed E-state index contributed by atoms with van der Waals surface area (Å²) in [6.07, 6.45) is 1.37. The smallest absolute Gasteiger partial charge is 0.325 e. The van der Waals surface area contributed by atoms with E-state index in [2.05, 4.69) is 9.97 Å². The van der Waals surface area contributed by atoms with Crippen molar-refractivity contribution in [2.24, 2.45) is 5.92 Å². The number of rotatable bonds is 3. The van der Waals surface area contributed by atoms with Gasteiger partial charge in [0.1, 0.15) is 5.83 Å². The average molecular weight is 438 g/mol. The van der Waals surface area contributed by atoms with Crippen LogP contribution in [0.3, 0.4) is 0 Å². The highest BCUT2D eigenvalue weighted by Crippen LogP contribution is 2.56. The van der Waals surface area contributed by atoms with E-state index in [0.29, 0.717) is 21.7 Å². The fourth-order valence-corrected chi connectivity index (χ4v) is 6.38. The second-order valence-corrected chi connectivity index (χ2v) is 9.69. The highest BCUT2D eigenvalue weighted by Gasteiger charge is 2.47. The van der Waals surface area contributed by atoms with E-state index >= 15 is 4.39 Å². The first-order valence-corrected chi connectivity index (χ1v) is 10.9. The van der Waals surface area contributed by atoms with Gasteiger partial charge in [0.25, 0.3) is 11.5 Å². The monoisotopic (exact) mass is 438 g/mol. The molecule has 3 N–H and O–H groups in total. The molecule has 30 heavy (non-hydrogen) atoms. The molecule has 0 aromatic carbocycles. The third-order valence-corrected chi connectivity index (χ3v) is 7.93. The number of alkyl halides is 2. The number of aromatic nitrogens is 2. The Morgan fingerprint density at radius 3 is 2.67 bits per heavy atom. The van der Waals surface area contributed by atoms with Gasteiger partial charge in [0.2, 0.25) is 0 Å². The summed E-state index contributed by atoms with van der Waals surface area (Å²) in [6, 6.07) is 1.59. The maximum atomic E-state index is 15.8. The number of aliphatic hydroxyl groups excluding tert-OH is 1. The molecule has 3 aliphatic rings. The maximum Gasteiger partial charge on any atom is 0.325 e. The van der Waals surface area contributed by atoms with Crippen LogP contribution < -0.4 is 11.2 Å². The van der Waals surface area contributed by atoms with Crippen molar-refractivity contribution < 1.29 is 18.3 Å². The molecule has 0 amide bonds. The van der Waals surface area contributed by atoms with Crippen LogP contribution >= 0.6 is 11.3 Å². The van der Waals surface area contributed by atoms with Crippen molar-refractivity contribution in [3.63, 3.8) is 0 Å². The number of aromatic amines is 2. The molecule has 0 aliphatic heterocycles. The van der Waals surface area contributed by atoms with Crippen LogP contribution in [0, 0.1) is 5.92 Å². The lowest BCUT2D eigenvalue weighted by atomic mass is 9.76. The van der Waals surface area contributed by atoms with Gasteiger partial charge in [0.15, 0.2) is 0 Å². The van der Waals surface area contributed by atoms with E-state index in [1.807, 2.05) is 0 Å². The summed E-state index contributed by atoms with van der Waals surface area (Å²) in [4.78, 5) is 30.6. The van der Waals surface area contributed by atoms with E-state index in [1.165, 1.54) is 11.3 Å². The molecule has 0 spiro atoms. The van der Waals surface area contributed by atoms with Gasteiger partial charge in [-0.15, -0.1) is 11.3 Å². The van der Waals surface area contributed by atoms with Crippen LogP contribution in [0.1, 0.15) is 70.5 Å². The number of nitrogens with one attached hydrogen (secondary N) is 2. The fourth-order valence-electron chi connectivity index (χ4n) is 4.95. The molecule has 1 saturated carbocycles. The normalized spacial score (nSPS) is 27.7. The summed E-state index contributed by atoms with van der Waals surface area (Å²) < 4.78 is 44.4. The summed E-state index contributed by atoms with van der Waals surface area (Å²) >= 11 is 1.29. The van der Waals surface area contributed by atoms with Crippen molar-refractivity contribution >= 4 is 16.9 Å². The Morgan fingerprint density at radius 1 is 1.27 bits per heavy atom. The van der Waals surface area contributed by atoms with E-state index in [-0.39, 0.29) is 24.3 Å². The molecule has 1 fully saturated rings. The molecule has 2 heterocycles. The van der Waals surface area contributed by atoms with Crippen molar-refractivity contribution in [1.82, 2.24) is 9.97 Å². The highest BCUT2D eigenvalue weighted by molar-refractivity contribution is 7.12. The highest BCUT2D eigenvalue weighted by atomic mass is 32.1.